The SMILES string of the molecule is O=C(CCCN1CCN(c2ccccc2)CC1)NCc1ccncc1. The van der Waals surface area contributed by atoms with Gasteiger partial charge in [-0.15, -0.1) is 0 Å². The van der Waals surface area contributed by atoms with Crippen LogP contribution in [0.5, 0.6) is 0 Å². The van der Waals surface area contributed by atoms with Crippen molar-refractivity contribution in [3.63, 3.8) is 0 Å². The van der Waals surface area contributed by atoms with Gasteiger partial charge in [-0.1, -0.05) is 18.2 Å². The molecule has 2 heterocycles. The Bertz CT molecular complexity index is 639. The predicted octanol–water partition coefficient (Wildman–Crippen LogP) is 2.30. The third-order valence-electron chi connectivity index (χ3n) is 4.61. The van der Waals surface area contributed by atoms with Crippen LogP contribution >= 0.6 is 0 Å². The third-order valence-corrected chi connectivity index (χ3v) is 4.61. The fraction of sp³-hybridized carbons (Fsp3) is 0.400. The van der Waals surface area contributed by atoms with Gasteiger partial charge in [0, 0.05) is 57.2 Å². The van der Waals surface area contributed by atoms with E-state index in [1.807, 2.05) is 12.1 Å². The topological polar surface area (TPSA) is 48.5 Å². The molecular weight excluding hydrogens is 312 g/mol. The smallest absolute Gasteiger partial charge is 0.220 e. The lowest BCUT2D eigenvalue weighted by atomic mass is 10.2. The minimum atomic E-state index is 0.125. The van der Waals surface area contributed by atoms with Crippen LogP contribution in [-0.2, 0) is 11.3 Å². The summed E-state index contributed by atoms with van der Waals surface area (Å²) in [7, 11) is 0. The second kappa shape index (κ2) is 9.18. The van der Waals surface area contributed by atoms with Crippen LogP contribution in [0.3, 0.4) is 0 Å². The molecule has 0 radical (unpaired) electrons. The fourth-order valence-electron chi connectivity index (χ4n) is 3.12. The van der Waals surface area contributed by atoms with Crippen molar-refractivity contribution in [1.29, 1.82) is 0 Å². The molecule has 0 saturated carbocycles. The summed E-state index contributed by atoms with van der Waals surface area (Å²) in [6.07, 6.45) is 4.99. The van der Waals surface area contributed by atoms with Gasteiger partial charge < -0.3 is 10.2 Å². The van der Waals surface area contributed by atoms with Crippen LogP contribution in [0.1, 0.15) is 18.4 Å². The average molecular weight is 338 g/mol. The summed E-state index contributed by atoms with van der Waals surface area (Å²) in [6, 6.07) is 14.4. The van der Waals surface area contributed by atoms with Gasteiger partial charge in [0.15, 0.2) is 0 Å². The van der Waals surface area contributed by atoms with E-state index < -0.39 is 0 Å². The summed E-state index contributed by atoms with van der Waals surface area (Å²) in [5.74, 6) is 0.125. The Morgan fingerprint density at radius 1 is 1.00 bits per heavy atom. The van der Waals surface area contributed by atoms with Crippen molar-refractivity contribution in [2.75, 3.05) is 37.6 Å². The Hall–Kier alpha value is -2.40. The summed E-state index contributed by atoms with van der Waals surface area (Å²) in [5.41, 5.74) is 2.39. The Balaban J connectivity index is 1.30. The van der Waals surface area contributed by atoms with E-state index in [1.165, 1.54) is 5.69 Å². The number of hydrogen-bond acceptors (Lipinski definition) is 4. The van der Waals surface area contributed by atoms with E-state index in [2.05, 4.69) is 50.4 Å². The second-order valence-corrected chi connectivity index (χ2v) is 6.40. The standard InChI is InChI=1S/C20H26N4O/c25-20(22-17-18-8-10-21-11-9-18)7-4-12-23-13-15-24(16-14-23)19-5-2-1-3-6-19/h1-3,5-6,8-11H,4,7,12-17H2,(H,22,25). The Labute approximate surface area is 149 Å². The number of piperazine rings is 1. The number of benzene rings is 1. The number of pyridine rings is 1. The molecule has 25 heavy (non-hydrogen) atoms. The van der Waals surface area contributed by atoms with Crippen molar-refractivity contribution in [2.24, 2.45) is 0 Å². The van der Waals surface area contributed by atoms with Gasteiger partial charge in [0.05, 0.1) is 0 Å². The first-order chi connectivity index (χ1) is 12.3. The van der Waals surface area contributed by atoms with Gasteiger partial charge in [0.1, 0.15) is 0 Å². The molecule has 2 aromatic rings. The number of nitrogens with one attached hydrogen (secondary N) is 1. The van der Waals surface area contributed by atoms with Gasteiger partial charge in [0.25, 0.3) is 0 Å². The van der Waals surface area contributed by atoms with Gasteiger partial charge in [-0.25, -0.2) is 0 Å². The highest BCUT2D eigenvalue weighted by Gasteiger charge is 2.16. The minimum absolute atomic E-state index is 0.125. The lowest BCUT2D eigenvalue weighted by molar-refractivity contribution is -0.121. The molecule has 0 bridgehead atoms. The molecular formula is C20H26N4O. The zero-order chi connectivity index (χ0) is 17.3. The van der Waals surface area contributed by atoms with Gasteiger partial charge in [0.2, 0.25) is 5.91 Å². The van der Waals surface area contributed by atoms with E-state index in [0.717, 1.165) is 44.7 Å². The van der Waals surface area contributed by atoms with E-state index in [9.17, 15) is 4.79 Å². The van der Waals surface area contributed by atoms with Crippen LogP contribution < -0.4 is 10.2 Å². The highest BCUT2D eigenvalue weighted by molar-refractivity contribution is 5.75. The zero-order valence-electron chi connectivity index (χ0n) is 14.6. The zero-order valence-corrected chi connectivity index (χ0v) is 14.6. The number of carbonyl (C=O) groups is 1. The lowest BCUT2D eigenvalue weighted by Crippen LogP contribution is -2.46. The Morgan fingerprint density at radius 3 is 2.44 bits per heavy atom. The normalized spacial score (nSPS) is 15.1. The first-order valence-electron chi connectivity index (χ1n) is 8.99. The molecule has 0 atom stereocenters. The van der Waals surface area contributed by atoms with Crippen molar-refractivity contribution in [3.05, 3.63) is 60.4 Å². The largest absolute Gasteiger partial charge is 0.369 e. The van der Waals surface area contributed by atoms with Crippen LogP contribution in [0, 0.1) is 0 Å². The van der Waals surface area contributed by atoms with Crippen molar-refractivity contribution in [2.45, 2.75) is 19.4 Å². The Morgan fingerprint density at radius 2 is 1.72 bits per heavy atom. The third kappa shape index (κ3) is 5.57. The number of carbonyl (C=O) groups excluding carboxylic acids is 1. The van der Waals surface area contributed by atoms with Crippen LogP contribution in [0.25, 0.3) is 0 Å². The number of anilines is 1. The molecule has 1 aromatic carbocycles. The van der Waals surface area contributed by atoms with E-state index in [-0.39, 0.29) is 5.91 Å². The molecule has 1 aliphatic heterocycles. The molecule has 1 fully saturated rings. The molecule has 1 saturated heterocycles. The maximum Gasteiger partial charge on any atom is 0.220 e. The number of nitrogens with zero attached hydrogens (tertiary/aromatic N) is 3. The quantitative estimate of drug-likeness (QED) is 0.842. The number of para-hydroxylation sites is 1. The molecule has 132 valence electrons. The van der Waals surface area contributed by atoms with E-state index in [1.54, 1.807) is 12.4 Å². The van der Waals surface area contributed by atoms with Crippen molar-refractivity contribution in [3.8, 4) is 0 Å². The number of hydrogen-bond donors (Lipinski definition) is 1. The van der Waals surface area contributed by atoms with E-state index in [4.69, 9.17) is 0 Å². The van der Waals surface area contributed by atoms with Crippen molar-refractivity contribution < 1.29 is 4.79 Å². The summed E-state index contributed by atoms with van der Waals surface area (Å²) >= 11 is 0. The highest BCUT2D eigenvalue weighted by atomic mass is 16.1. The first-order valence-corrected chi connectivity index (χ1v) is 8.99. The fourth-order valence-corrected chi connectivity index (χ4v) is 3.12. The first kappa shape index (κ1) is 17.4. The van der Waals surface area contributed by atoms with Crippen LogP contribution in [0.2, 0.25) is 0 Å². The predicted molar refractivity (Wildman–Crippen MR) is 100 cm³/mol. The van der Waals surface area contributed by atoms with Gasteiger partial charge in [-0.3, -0.25) is 14.7 Å². The molecule has 1 aromatic heterocycles. The summed E-state index contributed by atoms with van der Waals surface area (Å²) in [5, 5.41) is 2.97. The maximum absolute atomic E-state index is 11.9. The minimum Gasteiger partial charge on any atom is -0.369 e. The number of aromatic nitrogens is 1. The lowest BCUT2D eigenvalue weighted by Gasteiger charge is -2.36. The van der Waals surface area contributed by atoms with Crippen LogP contribution in [0.4, 0.5) is 5.69 Å². The van der Waals surface area contributed by atoms with E-state index >= 15 is 0 Å². The van der Waals surface area contributed by atoms with Gasteiger partial charge in [-0.05, 0) is 42.8 Å². The number of amides is 1. The molecule has 0 unspecified atom stereocenters. The molecule has 5 nitrogen and oxygen atoms in total. The highest BCUT2D eigenvalue weighted by Crippen LogP contribution is 2.15. The number of rotatable bonds is 7. The van der Waals surface area contributed by atoms with Crippen LogP contribution in [-0.4, -0.2) is 48.5 Å². The van der Waals surface area contributed by atoms with Crippen molar-refractivity contribution >= 4 is 11.6 Å². The molecule has 1 amide bonds. The summed E-state index contributed by atoms with van der Waals surface area (Å²) in [6.45, 7) is 5.81. The molecule has 0 spiro atoms. The summed E-state index contributed by atoms with van der Waals surface area (Å²) in [4.78, 5) is 20.8. The summed E-state index contributed by atoms with van der Waals surface area (Å²) < 4.78 is 0. The monoisotopic (exact) mass is 338 g/mol. The van der Waals surface area contributed by atoms with Gasteiger partial charge >= 0.3 is 0 Å². The molecule has 0 aliphatic carbocycles. The van der Waals surface area contributed by atoms with Crippen LogP contribution in [0.15, 0.2) is 54.9 Å². The molecule has 1 N–H and O–H groups in total. The van der Waals surface area contributed by atoms with Crippen molar-refractivity contribution in [1.82, 2.24) is 15.2 Å². The van der Waals surface area contributed by atoms with Gasteiger partial charge in [-0.2, -0.15) is 0 Å². The van der Waals surface area contributed by atoms with E-state index in [0.29, 0.717) is 13.0 Å². The molecule has 1 aliphatic rings. The second-order valence-electron chi connectivity index (χ2n) is 6.40. The maximum atomic E-state index is 11.9. The molecule has 5 heteroatoms. The average Bonchev–Trinajstić information content (AvgIpc) is 2.68. The Kier molecular flexibility index (Phi) is 6.40. The molecule has 3 rings (SSSR count).